The summed E-state index contributed by atoms with van der Waals surface area (Å²) in [6, 6.07) is 3.68. The molecular weight excluding hydrogens is 317 g/mol. The molecule has 1 aromatic heterocycles. The van der Waals surface area contributed by atoms with Crippen molar-refractivity contribution in [1.29, 1.82) is 0 Å². The van der Waals surface area contributed by atoms with Gasteiger partial charge in [-0.15, -0.1) is 0 Å². The van der Waals surface area contributed by atoms with Crippen LogP contribution in [-0.2, 0) is 19.1 Å². The summed E-state index contributed by atoms with van der Waals surface area (Å²) in [5.41, 5.74) is 7.26. The number of halogens is 1. The fourth-order valence-electron chi connectivity index (χ4n) is 2.73. The highest BCUT2D eigenvalue weighted by Crippen LogP contribution is 2.31. The fourth-order valence-corrected chi connectivity index (χ4v) is 2.73. The Balaban J connectivity index is 1.78. The zero-order chi connectivity index (χ0) is 17.3. The standard InChI is InChI=1S/C17H16FNO5/c1-9(12-8-11(18)7-10-4-5-22-16(10)12)6-13(19)17-23-14(20)2-3-15(21)24-17/h2-5,7-9,13,17H,6,19H2,1H3. The SMILES string of the molecule is CC(CC(N)C1OC(=O)C=CC(=O)O1)c1cc(F)cc2ccoc12. The smallest absolute Gasteiger partial charge is 0.334 e. The summed E-state index contributed by atoms with van der Waals surface area (Å²) >= 11 is 0. The second-order valence-electron chi connectivity index (χ2n) is 5.71. The summed E-state index contributed by atoms with van der Waals surface area (Å²) in [5, 5.41) is 0.655. The first-order valence-electron chi connectivity index (χ1n) is 7.45. The number of hydrogen-bond acceptors (Lipinski definition) is 6. The van der Waals surface area contributed by atoms with Crippen LogP contribution in [0.4, 0.5) is 4.39 Å². The molecule has 0 bridgehead atoms. The van der Waals surface area contributed by atoms with Gasteiger partial charge >= 0.3 is 11.9 Å². The van der Waals surface area contributed by atoms with Gasteiger partial charge in [-0.25, -0.2) is 14.0 Å². The molecule has 7 heteroatoms. The van der Waals surface area contributed by atoms with Crippen molar-refractivity contribution in [3.8, 4) is 0 Å². The Morgan fingerprint density at radius 3 is 2.54 bits per heavy atom. The number of hydrogen-bond donors (Lipinski definition) is 1. The van der Waals surface area contributed by atoms with Crippen LogP contribution in [0.25, 0.3) is 11.0 Å². The van der Waals surface area contributed by atoms with E-state index in [9.17, 15) is 14.0 Å². The van der Waals surface area contributed by atoms with Crippen molar-refractivity contribution in [3.63, 3.8) is 0 Å². The minimum atomic E-state index is -1.19. The number of benzene rings is 1. The van der Waals surface area contributed by atoms with E-state index in [0.29, 0.717) is 23.0 Å². The second kappa shape index (κ2) is 6.45. The van der Waals surface area contributed by atoms with Crippen LogP contribution in [0.2, 0.25) is 0 Å². The van der Waals surface area contributed by atoms with Gasteiger partial charge in [0.1, 0.15) is 11.4 Å². The fraction of sp³-hybridized carbons (Fsp3) is 0.294. The summed E-state index contributed by atoms with van der Waals surface area (Å²) in [6.07, 6.45) is 2.56. The van der Waals surface area contributed by atoms with Crippen LogP contribution in [0.15, 0.2) is 41.0 Å². The number of fused-ring (bicyclic) bond motifs is 1. The molecule has 1 aliphatic heterocycles. The molecule has 2 aromatic rings. The van der Waals surface area contributed by atoms with E-state index in [0.717, 1.165) is 12.2 Å². The van der Waals surface area contributed by atoms with Crippen LogP contribution < -0.4 is 5.73 Å². The molecule has 2 N–H and O–H groups in total. The lowest BCUT2D eigenvalue weighted by Gasteiger charge is -2.24. The van der Waals surface area contributed by atoms with E-state index in [1.807, 2.05) is 6.92 Å². The Kier molecular flexibility index (Phi) is 4.35. The molecule has 0 amide bonds. The molecule has 1 aromatic carbocycles. The van der Waals surface area contributed by atoms with Gasteiger partial charge in [0.15, 0.2) is 0 Å². The first-order chi connectivity index (χ1) is 11.4. The Hall–Kier alpha value is -2.67. The van der Waals surface area contributed by atoms with Crippen molar-refractivity contribution in [2.24, 2.45) is 5.73 Å². The molecule has 0 radical (unpaired) electrons. The van der Waals surface area contributed by atoms with Crippen LogP contribution in [-0.4, -0.2) is 24.3 Å². The van der Waals surface area contributed by atoms with Gasteiger partial charge in [-0.3, -0.25) is 0 Å². The number of cyclic esters (lactones) is 2. The predicted octanol–water partition coefficient (Wildman–Crippen LogP) is 2.38. The third-order valence-electron chi connectivity index (χ3n) is 3.87. The maximum Gasteiger partial charge on any atom is 0.334 e. The van der Waals surface area contributed by atoms with Gasteiger partial charge in [-0.05, 0) is 30.5 Å². The number of furan rings is 1. The molecule has 24 heavy (non-hydrogen) atoms. The number of ether oxygens (including phenoxy) is 2. The van der Waals surface area contributed by atoms with Crippen LogP contribution in [0, 0.1) is 5.82 Å². The molecule has 0 saturated carbocycles. The van der Waals surface area contributed by atoms with E-state index in [1.165, 1.54) is 18.4 Å². The number of carbonyl (C=O) groups excluding carboxylic acids is 2. The molecule has 0 saturated heterocycles. The van der Waals surface area contributed by atoms with Gasteiger partial charge in [-0.2, -0.15) is 0 Å². The van der Waals surface area contributed by atoms with E-state index in [-0.39, 0.29) is 11.7 Å². The topological polar surface area (TPSA) is 91.8 Å². The van der Waals surface area contributed by atoms with Gasteiger partial charge in [0.25, 0.3) is 6.29 Å². The van der Waals surface area contributed by atoms with Gasteiger partial charge in [0.2, 0.25) is 0 Å². The molecule has 0 fully saturated rings. The summed E-state index contributed by atoms with van der Waals surface area (Å²) in [5.74, 6) is -1.99. The van der Waals surface area contributed by atoms with Crippen molar-refractivity contribution < 1.29 is 27.9 Å². The normalized spacial score (nSPS) is 18.1. The highest BCUT2D eigenvalue weighted by atomic mass is 19.1. The first kappa shape index (κ1) is 16.2. The molecule has 3 rings (SSSR count). The number of nitrogens with two attached hydrogens (primary N) is 1. The molecule has 2 heterocycles. The second-order valence-corrected chi connectivity index (χ2v) is 5.71. The summed E-state index contributed by atoms with van der Waals surface area (Å²) < 4.78 is 29.2. The number of rotatable bonds is 4. The number of carbonyl (C=O) groups is 2. The third-order valence-corrected chi connectivity index (χ3v) is 3.87. The molecule has 126 valence electrons. The molecule has 0 spiro atoms. The maximum absolute atomic E-state index is 13.8. The van der Waals surface area contributed by atoms with E-state index in [1.54, 1.807) is 6.07 Å². The monoisotopic (exact) mass is 333 g/mol. The van der Waals surface area contributed by atoms with Crippen LogP contribution in [0.1, 0.15) is 24.8 Å². The molecule has 6 nitrogen and oxygen atoms in total. The van der Waals surface area contributed by atoms with Crippen molar-refractivity contribution in [2.75, 3.05) is 0 Å². The third kappa shape index (κ3) is 3.30. The van der Waals surface area contributed by atoms with Crippen molar-refractivity contribution in [2.45, 2.75) is 31.6 Å². The van der Waals surface area contributed by atoms with Crippen LogP contribution >= 0.6 is 0 Å². The molecule has 2 unspecified atom stereocenters. The summed E-state index contributed by atoms with van der Waals surface area (Å²) in [7, 11) is 0. The highest BCUT2D eigenvalue weighted by molar-refractivity contribution is 5.93. The van der Waals surface area contributed by atoms with E-state index >= 15 is 0 Å². The van der Waals surface area contributed by atoms with Crippen molar-refractivity contribution >= 4 is 22.9 Å². The Morgan fingerprint density at radius 1 is 1.21 bits per heavy atom. The maximum atomic E-state index is 13.8. The Bertz CT molecular complexity index is 792. The Morgan fingerprint density at radius 2 is 1.88 bits per heavy atom. The van der Waals surface area contributed by atoms with E-state index in [2.05, 4.69) is 0 Å². The molecule has 2 atom stereocenters. The Labute approximate surface area is 137 Å². The van der Waals surface area contributed by atoms with Gasteiger partial charge < -0.3 is 19.6 Å². The van der Waals surface area contributed by atoms with E-state index in [4.69, 9.17) is 19.6 Å². The quantitative estimate of drug-likeness (QED) is 0.864. The van der Waals surface area contributed by atoms with Gasteiger partial charge in [-0.1, -0.05) is 6.92 Å². The van der Waals surface area contributed by atoms with Crippen molar-refractivity contribution in [3.05, 3.63) is 48.0 Å². The average molecular weight is 333 g/mol. The summed E-state index contributed by atoms with van der Waals surface area (Å²) in [4.78, 5) is 22.8. The minimum absolute atomic E-state index is 0.210. The lowest BCUT2D eigenvalue weighted by Crippen LogP contribution is -2.41. The van der Waals surface area contributed by atoms with Crippen LogP contribution in [0.3, 0.4) is 0 Å². The first-order valence-corrected chi connectivity index (χ1v) is 7.45. The lowest BCUT2D eigenvalue weighted by molar-refractivity contribution is -0.182. The molecule has 1 aliphatic rings. The van der Waals surface area contributed by atoms with Crippen LogP contribution in [0.5, 0.6) is 0 Å². The van der Waals surface area contributed by atoms with E-state index < -0.39 is 24.3 Å². The zero-order valence-corrected chi connectivity index (χ0v) is 12.9. The summed E-state index contributed by atoms with van der Waals surface area (Å²) in [6.45, 7) is 1.84. The largest absolute Gasteiger partial charge is 0.464 e. The highest BCUT2D eigenvalue weighted by Gasteiger charge is 2.29. The number of esters is 2. The van der Waals surface area contributed by atoms with Crippen molar-refractivity contribution in [1.82, 2.24) is 0 Å². The van der Waals surface area contributed by atoms with Gasteiger partial charge in [0.05, 0.1) is 12.3 Å². The van der Waals surface area contributed by atoms with Gasteiger partial charge in [0, 0.05) is 23.1 Å². The molecular formula is C17H16FNO5. The lowest BCUT2D eigenvalue weighted by atomic mass is 9.92. The predicted molar refractivity (Wildman–Crippen MR) is 82.3 cm³/mol. The average Bonchev–Trinajstić information content (AvgIpc) is 2.92. The zero-order valence-electron chi connectivity index (χ0n) is 12.9. The minimum Gasteiger partial charge on any atom is -0.464 e. The molecule has 0 aliphatic carbocycles.